The quantitative estimate of drug-likeness (QED) is 0.819. The van der Waals surface area contributed by atoms with Gasteiger partial charge in [0.05, 0.1) is 0 Å². The second-order valence-electron chi connectivity index (χ2n) is 5.01. The maximum atomic E-state index is 12.3. The first-order chi connectivity index (χ1) is 9.16. The highest BCUT2D eigenvalue weighted by Crippen LogP contribution is 2.20. The minimum Gasteiger partial charge on any atom is -0.346 e. The van der Waals surface area contributed by atoms with Gasteiger partial charge in [0.25, 0.3) is 15.0 Å². The van der Waals surface area contributed by atoms with Crippen molar-refractivity contribution in [3.05, 3.63) is 18.0 Å². The van der Waals surface area contributed by atoms with Crippen LogP contribution in [0.25, 0.3) is 0 Å². The fourth-order valence-corrected chi connectivity index (χ4v) is 2.59. The maximum absolute atomic E-state index is 12.3. The normalized spacial score (nSPS) is 12.4. The third-order valence-corrected chi connectivity index (χ3v) is 5.02. The molecule has 0 bridgehead atoms. The molecule has 1 N–H and O–H groups in total. The van der Waals surface area contributed by atoms with Gasteiger partial charge in [0.2, 0.25) is 0 Å². The average Bonchev–Trinajstić information content (AvgIpc) is 2.82. The maximum Gasteiger partial charge on any atom is 0.268 e. The average molecular weight is 321 g/mol. The van der Waals surface area contributed by atoms with Gasteiger partial charge in [-0.2, -0.15) is 0 Å². The van der Waals surface area contributed by atoms with Crippen molar-refractivity contribution in [1.29, 1.82) is 0 Å². The van der Waals surface area contributed by atoms with Gasteiger partial charge in [-0.25, -0.2) is 8.42 Å². The minimum atomic E-state index is -3.83. The van der Waals surface area contributed by atoms with Crippen LogP contribution in [0.5, 0.6) is 0 Å². The van der Waals surface area contributed by atoms with Crippen LogP contribution in [-0.2, 0) is 15.6 Å². The summed E-state index contributed by atoms with van der Waals surface area (Å²) in [6.45, 7) is 8.28. The van der Waals surface area contributed by atoms with E-state index in [1.165, 1.54) is 12.3 Å². The van der Waals surface area contributed by atoms with E-state index >= 15 is 0 Å². The first kappa shape index (κ1) is 17.0. The highest BCUT2D eigenvalue weighted by Gasteiger charge is 2.25. The molecule has 0 unspecified atom stereocenters. The molecule has 0 saturated carbocycles. The van der Waals surface area contributed by atoms with E-state index in [1.807, 2.05) is 27.7 Å². The molecular weight excluding hydrogens is 300 g/mol. The molecule has 20 heavy (non-hydrogen) atoms. The van der Waals surface area contributed by atoms with Crippen molar-refractivity contribution in [2.24, 2.45) is 0 Å². The fourth-order valence-electron chi connectivity index (χ4n) is 1.83. The Morgan fingerprint density at radius 3 is 2.30 bits per heavy atom. The number of aromatic nitrogens is 1. The molecule has 0 fully saturated rings. The summed E-state index contributed by atoms with van der Waals surface area (Å²) in [5.41, 5.74) is -0.000211. The largest absolute Gasteiger partial charge is 0.346 e. The molecule has 1 aromatic rings. The molecule has 0 atom stereocenters. The molecule has 0 saturated heterocycles. The molecule has 1 aromatic heterocycles. The molecule has 0 spiro atoms. The molecule has 1 amide bonds. The van der Waals surface area contributed by atoms with Crippen LogP contribution in [0, 0.1) is 0 Å². The minimum absolute atomic E-state index is 0.0548. The molecule has 5 nitrogen and oxygen atoms in total. The van der Waals surface area contributed by atoms with Crippen molar-refractivity contribution < 1.29 is 13.2 Å². The Morgan fingerprint density at radius 2 is 1.90 bits per heavy atom. The van der Waals surface area contributed by atoms with E-state index in [-0.39, 0.29) is 16.3 Å². The van der Waals surface area contributed by atoms with Crippen LogP contribution in [0.4, 0.5) is 0 Å². The Labute approximate surface area is 124 Å². The number of hydrogen-bond donors (Lipinski definition) is 1. The van der Waals surface area contributed by atoms with Crippen molar-refractivity contribution >= 4 is 25.6 Å². The van der Waals surface area contributed by atoms with E-state index in [0.29, 0.717) is 12.2 Å². The monoisotopic (exact) mass is 320 g/mol. The van der Waals surface area contributed by atoms with Crippen LogP contribution in [0.2, 0.25) is 0 Å². The predicted octanol–water partition coefficient (Wildman–Crippen LogP) is 2.74. The van der Waals surface area contributed by atoms with E-state index in [9.17, 15) is 13.2 Å². The number of nitrogens with zero attached hydrogens (tertiary/aromatic N) is 1. The van der Waals surface area contributed by atoms with E-state index in [0.717, 1.165) is 12.8 Å². The van der Waals surface area contributed by atoms with Gasteiger partial charge < -0.3 is 9.88 Å². The number of carbonyl (C=O) groups is 1. The van der Waals surface area contributed by atoms with Gasteiger partial charge in [-0.05, 0) is 32.8 Å². The van der Waals surface area contributed by atoms with Crippen molar-refractivity contribution in [3.63, 3.8) is 0 Å². The Balaban J connectivity index is 3.13. The topological polar surface area (TPSA) is 68.2 Å². The fraction of sp³-hybridized carbons (Fsp3) is 0.615. The van der Waals surface area contributed by atoms with Crippen molar-refractivity contribution in [2.45, 2.75) is 57.5 Å². The van der Waals surface area contributed by atoms with E-state index in [2.05, 4.69) is 5.32 Å². The molecule has 1 rings (SSSR count). The van der Waals surface area contributed by atoms with Gasteiger partial charge in [-0.3, -0.25) is 4.79 Å². The molecule has 0 radical (unpaired) electrons. The van der Waals surface area contributed by atoms with Crippen LogP contribution in [-0.4, -0.2) is 24.4 Å². The summed E-state index contributed by atoms with van der Waals surface area (Å²) in [6, 6.07) is 1.31. The van der Waals surface area contributed by atoms with E-state index < -0.39 is 9.05 Å². The summed E-state index contributed by atoms with van der Waals surface area (Å²) in [5.74, 6) is -0.287. The lowest BCUT2D eigenvalue weighted by Gasteiger charge is -2.28. The third-order valence-electron chi connectivity index (χ3n) is 3.70. The lowest BCUT2D eigenvalue weighted by atomic mass is 9.95. The van der Waals surface area contributed by atoms with Gasteiger partial charge in [-0.1, -0.05) is 13.8 Å². The molecule has 114 valence electrons. The van der Waals surface area contributed by atoms with Crippen molar-refractivity contribution in [3.8, 4) is 0 Å². The highest BCUT2D eigenvalue weighted by molar-refractivity contribution is 8.13. The van der Waals surface area contributed by atoms with Crippen LogP contribution in [0.3, 0.4) is 0 Å². The first-order valence-electron chi connectivity index (χ1n) is 6.64. The Kier molecular flexibility index (Phi) is 5.27. The smallest absolute Gasteiger partial charge is 0.268 e. The zero-order valence-electron chi connectivity index (χ0n) is 12.2. The number of carbonyl (C=O) groups excluding carboxylic acids is 1. The van der Waals surface area contributed by atoms with Crippen LogP contribution in [0.1, 0.15) is 51.0 Å². The third kappa shape index (κ3) is 3.76. The summed E-state index contributed by atoms with van der Waals surface area (Å²) in [5, 5.41) is 2.95. The van der Waals surface area contributed by atoms with Gasteiger partial charge in [-0.15, -0.1) is 0 Å². The summed E-state index contributed by atoms with van der Waals surface area (Å²) in [7, 11) is 1.49. The molecule has 0 aliphatic carbocycles. The highest BCUT2D eigenvalue weighted by atomic mass is 35.7. The molecule has 0 aliphatic rings. The number of hydrogen-bond acceptors (Lipinski definition) is 3. The summed E-state index contributed by atoms with van der Waals surface area (Å²) in [4.78, 5) is 12.3. The first-order valence-corrected chi connectivity index (χ1v) is 8.95. The second kappa shape index (κ2) is 6.18. The Hall–Kier alpha value is -1.01. The molecular formula is C13H21ClN2O3S. The zero-order chi connectivity index (χ0) is 15.6. The zero-order valence-corrected chi connectivity index (χ0v) is 13.8. The molecule has 0 aromatic carbocycles. The van der Waals surface area contributed by atoms with E-state index in [4.69, 9.17) is 10.7 Å². The Bertz CT molecular complexity index is 589. The summed E-state index contributed by atoms with van der Waals surface area (Å²) >= 11 is 0. The van der Waals surface area contributed by atoms with E-state index in [1.54, 1.807) is 4.57 Å². The summed E-state index contributed by atoms with van der Waals surface area (Å²) < 4.78 is 24.3. The number of rotatable bonds is 6. The number of amides is 1. The molecule has 1 heterocycles. The summed E-state index contributed by atoms with van der Waals surface area (Å²) in [6.07, 6.45) is 2.97. The van der Waals surface area contributed by atoms with Crippen molar-refractivity contribution in [1.82, 2.24) is 9.88 Å². The second-order valence-corrected chi connectivity index (χ2v) is 7.57. The number of nitrogens with one attached hydrogen (secondary N) is 1. The van der Waals surface area contributed by atoms with Crippen LogP contribution < -0.4 is 5.32 Å². The predicted molar refractivity (Wildman–Crippen MR) is 79.6 cm³/mol. The lowest BCUT2D eigenvalue weighted by molar-refractivity contribution is 0.0891. The standard InChI is InChI=1S/C13H21ClN2O3S/c1-5-13(4,6-2)15-12(17)11-8-10(20(14,18)19)9-16(11)7-3/h8-9H,5-7H2,1-4H3,(H,15,17). The number of aryl methyl sites for hydroxylation is 1. The van der Waals surface area contributed by atoms with Gasteiger partial charge >= 0.3 is 0 Å². The van der Waals surface area contributed by atoms with Gasteiger partial charge in [0, 0.05) is 29.0 Å². The van der Waals surface area contributed by atoms with Crippen molar-refractivity contribution in [2.75, 3.05) is 0 Å². The molecule has 0 aliphatic heterocycles. The van der Waals surface area contributed by atoms with Gasteiger partial charge in [0.1, 0.15) is 10.6 Å². The van der Waals surface area contributed by atoms with Crippen LogP contribution in [0.15, 0.2) is 17.2 Å². The lowest BCUT2D eigenvalue weighted by Crippen LogP contribution is -2.45. The molecule has 7 heteroatoms. The SMILES string of the molecule is CCn1cc(S(=O)(=O)Cl)cc1C(=O)NC(C)(CC)CC. The van der Waals surface area contributed by atoms with Gasteiger partial charge in [0.15, 0.2) is 0 Å². The Morgan fingerprint density at radius 1 is 1.35 bits per heavy atom. The van der Waals surface area contributed by atoms with Crippen LogP contribution >= 0.6 is 10.7 Å². The number of halogens is 1.